The molecular weight excluding hydrogens is 368 g/mol. The molecule has 0 radical (unpaired) electrons. The third-order valence-electron chi connectivity index (χ3n) is 4.25. The van der Waals surface area contributed by atoms with Gasteiger partial charge in [0.05, 0.1) is 25.1 Å². The van der Waals surface area contributed by atoms with E-state index in [4.69, 9.17) is 4.74 Å². The van der Waals surface area contributed by atoms with Gasteiger partial charge in [0.1, 0.15) is 10.7 Å². The number of rotatable bonds is 4. The second kappa shape index (κ2) is 7.29. The molecule has 1 saturated heterocycles. The molecule has 4 rings (SSSR count). The molecule has 1 aliphatic rings. The number of benzene rings is 1. The lowest BCUT2D eigenvalue weighted by atomic mass is 10.2. The minimum atomic E-state index is -1.08. The lowest BCUT2D eigenvalue weighted by molar-refractivity contribution is -0.147. The van der Waals surface area contributed by atoms with Crippen molar-refractivity contribution in [1.82, 2.24) is 19.7 Å². The monoisotopic (exact) mass is 384 g/mol. The number of amides is 1. The van der Waals surface area contributed by atoms with Crippen molar-refractivity contribution in [3.05, 3.63) is 53.8 Å². The van der Waals surface area contributed by atoms with Crippen LogP contribution in [0.2, 0.25) is 0 Å². The van der Waals surface area contributed by atoms with Gasteiger partial charge in [0.2, 0.25) is 0 Å². The Morgan fingerprint density at radius 3 is 2.85 bits per heavy atom. The first-order valence-electron chi connectivity index (χ1n) is 8.31. The fourth-order valence-electron chi connectivity index (χ4n) is 2.86. The van der Waals surface area contributed by atoms with Gasteiger partial charge in [0.25, 0.3) is 5.91 Å². The Labute approximate surface area is 158 Å². The SMILES string of the molecule is O=C(O)[C@H]1COCCN1C(=O)c1csc(-c2cnn(-c3ccccc3)c2)n1. The molecule has 138 valence electrons. The summed E-state index contributed by atoms with van der Waals surface area (Å²) in [5.41, 5.74) is 1.95. The van der Waals surface area contributed by atoms with Gasteiger partial charge in [-0.05, 0) is 12.1 Å². The van der Waals surface area contributed by atoms with E-state index in [2.05, 4.69) is 10.1 Å². The van der Waals surface area contributed by atoms with Crippen LogP contribution in [0.15, 0.2) is 48.1 Å². The number of nitrogens with zero attached hydrogens (tertiary/aromatic N) is 4. The average molecular weight is 384 g/mol. The molecule has 1 N–H and O–H groups in total. The van der Waals surface area contributed by atoms with E-state index in [1.54, 1.807) is 16.3 Å². The fourth-order valence-corrected chi connectivity index (χ4v) is 3.63. The van der Waals surface area contributed by atoms with Crippen molar-refractivity contribution in [2.75, 3.05) is 19.8 Å². The van der Waals surface area contributed by atoms with E-state index in [0.29, 0.717) is 11.6 Å². The number of hydrogen-bond acceptors (Lipinski definition) is 6. The molecule has 3 heterocycles. The first-order valence-corrected chi connectivity index (χ1v) is 9.19. The maximum atomic E-state index is 12.7. The number of thiazole rings is 1. The van der Waals surface area contributed by atoms with E-state index in [1.807, 2.05) is 36.5 Å². The number of carboxylic acid groups (broad SMARTS) is 1. The van der Waals surface area contributed by atoms with Gasteiger partial charge in [-0.15, -0.1) is 11.3 Å². The predicted octanol–water partition coefficient (Wildman–Crippen LogP) is 1.92. The van der Waals surface area contributed by atoms with E-state index in [0.717, 1.165) is 11.3 Å². The molecule has 2 aromatic heterocycles. The van der Waals surface area contributed by atoms with Crippen molar-refractivity contribution < 1.29 is 19.4 Å². The maximum Gasteiger partial charge on any atom is 0.328 e. The summed E-state index contributed by atoms with van der Waals surface area (Å²) in [6.07, 6.45) is 3.53. The summed E-state index contributed by atoms with van der Waals surface area (Å²) in [5.74, 6) is -1.48. The van der Waals surface area contributed by atoms with E-state index in [-0.39, 0.29) is 18.8 Å². The molecule has 1 aliphatic heterocycles. The third-order valence-corrected chi connectivity index (χ3v) is 5.14. The number of para-hydroxylation sites is 1. The van der Waals surface area contributed by atoms with Crippen LogP contribution in [-0.2, 0) is 9.53 Å². The summed E-state index contributed by atoms with van der Waals surface area (Å²) in [6, 6.07) is 8.69. The van der Waals surface area contributed by atoms with Crippen molar-refractivity contribution in [1.29, 1.82) is 0 Å². The van der Waals surface area contributed by atoms with E-state index in [1.165, 1.54) is 16.2 Å². The molecule has 9 heteroatoms. The molecule has 8 nitrogen and oxygen atoms in total. The second-order valence-corrected chi connectivity index (χ2v) is 6.83. The second-order valence-electron chi connectivity index (χ2n) is 5.97. The van der Waals surface area contributed by atoms with Crippen molar-refractivity contribution in [2.45, 2.75) is 6.04 Å². The van der Waals surface area contributed by atoms with Gasteiger partial charge in [-0.2, -0.15) is 5.10 Å². The Morgan fingerprint density at radius 2 is 2.07 bits per heavy atom. The van der Waals surface area contributed by atoms with Crippen LogP contribution in [0.3, 0.4) is 0 Å². The van der Waals surface area contributed by atoms with Gasteiger partial charge < -0.3 is 14.7 Å². The van der Waals surface area contributed by atoms with Crippen molar-refractivity contribution in [3.63, 3.8) is 0 Å². The molecule has 1 aromatic carbocycles. The van der Waals surface area contributed by atoms with Gasteiger partial charge >= 0.3 is 5.97 Å². The number of morpholine rings is 1. The quantitative estimate of drug-likeness (QED) is 0.738. The highest BCUT2D eigenvalue weighted by Crippen LogP contribution is 2.25. The molecule has 0 bridgehead atoms. The van der Waals surface area contributed by atoms with Gasteiger partial charge in [0.15, 0.2) is 6.04 Å². The molecule has 0 saturated carbocycles. The highest BCUT2D eigenvalue weighted by molar-refractivity contribution is 7.13. The third kappa shape index (κ3) is 3.46. The van der Waals surface area contributed by atoms with Crippen molar-refractivity contribution in [2.24, 2.45) is 0 Å². The summed E-state index contributed by atoms with van der Waals surface area (Å²) in [5, 5.41) is 15.9. The number of ether oxygens (including phenoxy) is 1. The minimum absolute atomic E-state index is 0.0120. The Bertz CT molecular complexity index is 969. The van der Waals surface area contributed by atoms with Crippen LogP contribution in [0.1, 0.15) is 10.5 Å². The largest absolute Gasteiger partial charge is 0.480 e. The van der Waals surface area contributed by atoms with Crippen LogP contribution >= 0.6 is 11.3 Å². The minimum Gasteiger partial charge on any atom is -0.480 e. The average Bonchev–Trinajstić information content (AvgIpc) is 3.37. The first kappa shape index (κ1) is 17.4. The summed E-state index contributed by atoms with van der Waals surface area (Å²) in [7, 11) is 0. The summed E-state index contributed by atoms with van der Waals surface area (Å²) in [6.45, 7) is 0.535. The number of aromatic nitrogens is 3. The van der Waals surface area contributed by atoms with Crippen LogP contribution in [0, 0.1) is 0 Å². The molecule has 3 aromatic rings. The van der Waals surface area contributed by atoms with Crippen molar-refractivity contribution in [3.8, 4) is 16.3 Å². The van der Waals surface area contributed by atoms with E-state index < -0.39 is 17.9 Å². The predicted molar refractivity (Wildman–Crippen MR) is 98.0 cm³/mol. The highest BCUT2D eigenvalue weighted by atomic mass is 32.1. The number of carboxylic acids is 1. The van der Waals surface area contributed by atoms with Gasteiger partial charge in [-0.1, -0.05) is 18.2 Å². The van der Waals surface area contributed by atoms with Gasteiger partial charge in [0, 0.05) is 23.7 Å². The highest BCUT2D eigenvalue weighted by Gasteiger charge is 2.34. The molecule has 1 atom stereocenters. The summed E-state index contributed by atoms with van der Waals surface area (Å²) in [4.78, 5) is 29.8. The number of aliphatic carboxylic acids is 1. The van der Waals surface area contributed by atoms with E-state index in [9.17, 15) is 14.7 Å². The van der Waals surface area contributed by atoms with Crippen LogP contribution in [-0.4, -0.2) is 62.4 Å². The number of hydrogen-bond donors (Lipinski definition) is 1. The summed E-state index contributed by atoms with van der Waals surface area (Å²) >= 11 is 1.32. The first-order chi connectivity index (χ1) is 13.1. The Morgan fingerprint density at radius 1 is 1.26 bits per heavy atom. The fraction of sp³-hybridized carbons (Fsp3) is 0.222. The Balaban J connectivity index is 1.56. The Hall–Kier alpha value is -3.04. The zero-order valence-electron chi connectivity index (χ0n) is 14.2. The van der Waals surface area contributed by atoms with Crippen LogP contribution in [0.4, 0.5) is 0 Å². The van der Waals surface area contributed by atoms with E-state index >= 15 is 0 Å². The lowest BCUT2D eigenvalue weighted by Crippen LogP contribution is -2.52. The zero-order valence-corrected chi connectivity index (χ0v) is 15.0. The van der Waals surface area contributed by atoms with Gasteiger partial charge in [-0.25, -0.2) is 14.5 Å². The molecule has 1 fully saturated rings. The number of carbonyl (C=O) groups is 2. The lowest BCUT2D eigenvalue weighted by Gasteiger charge is -2.32. The molecule has 0 unspecified atom stereocenters. The Kier molecular flexibility index (Phi) is 4.69. The molecular formula is C18H16N4O4S. The normalized spacial score (nSPS) is 17.0. The molecule has 0 spiro atoms. The van der Waals surface area contributed by atoms with Crippen molar-refractivity contribution >= 4 is 23.2 Å². The van der Waals surface area contributed by atoms with Gasteiger partial charge in [-0.3, -0.25) is 4.79 Å². The standard InChI is InChI=1S/C18H16N4O4S/c23-17(21-6-7-26-10-15(21)18(24)25)14-11-27-16(20-14)12-8-19-22(9-12)13-4-2-1-3-5-13/h1-5,8-9,11,15H,6-7,10H2,(H,24,25)/t15-/m1/s1. The number of carbonyl (C=O) groups excluding carboxylic acids is 1. The van der Waals surface area contributed by atoms with Crippen LogP contribution in [0.25, 0.3) is 16.3 Å². The maximum absolute atomic E-state index is 12.7. The topological polar surface area (TPSA) is 97.5 Å². The molecule has 0 aliphatic carbocycles. The van der Waals surface area contributed by atoms with Crippen LogP contribution in [0.5, 0.6) is 0 Å². The van der Waals surface area contributed by atoms with Crippen LogP contribution < -0.4 is 0 Å². The molecule has 1 amide bonds. The molecule has 27 heavy (non-hydrogen) atoms. The summed E-state index contributed by atoms with van der Waals surface area (Å²) < 4.78 is 6.91. The zero-order chi connectivity index (χ0) is 18.8. The smallest absolute Gasteiger partial charge is 0.328 e.